The summed E-state index contributed by atoms with van der Waals surface area (Å²) in [7, 11) is 0. The number of carbonyl (C=O) groups is 1. The first-order valence-corrected chi connectivity index (χ1v) is 12.6. The average molecular weight is 509 g/mol. The third-order valence-electron chi connectivity index (χ3n) is 6.04. The van der Waals surface area contributed by atoms with Crippen molar-refractivity contribution in [2.24, 2.45) is 5.41 Å². The van der Waals surface area contributed by atoms with E-state index in [1.165, 1.54) is 4.88 Å². The number of aromatic nitrogens is 7. The first-order valence-electron chi connectivity index (χ1n) is 11.8. The summed E-state index contributed by atoms with van der Waals surface area (Å²) in [6, 6.07) is 10.1. The highest BCUT2D eigenvalue weighted by molar-refractivity contribution is 7.15. The van der Waals surface area contributed by atoms with Crippen LogP contribution >= 0.6 is 11.3 Å². The standard InChI is InChI=1S/C27H24N8OS/c1-14-5-6-20(37-14)18-7-8-29-24-21(18)32-25(33-24)22-19-10-16(12-30-23(19)35-34-22)15-9-17(13-28-11-15)31-26(36)27(2,3)4/h5-13H,1-4H3,(H,31,36)(H,29,32,33)(H,30,34,35). The molecule has 0 fully saturated rings. The third-order valence-corrected chi connectivity index (χ3v) is 7.08. The Morgan fingerprint density at radius 1 is 1.00 bits per heavy atom. The second-order valence-electron chi connectivity index (χ2n) is 9.91. The van der Waals surface area contributed by atoms with Crippen LogP contribution in [-0.2, 0) is 4.79 Å². The normalized spacial score (nSPS) is 11.9. The van der Waals surface area contributed by atoms with E-state index in [4.69, 9.17) is 4.98 Å². The lowest BCUT2D eigenvalue weighted by Crippen LogP contribution is -2.27. The second kappa shape index (κ2) is 8.59. The molecule has 3 N–H and O–H groups in total. The third kappa shape index (κ3) is 4.25. The van der Waals surface area contributed by atoms with Crippen LogP contribution in [0.3, 0.4) is 0 Å². The molecule has 6 rings (SSSR count). The van der Waals surface area contributed by atoms with Gasteiger partial charge in [0.05, 0.1) is 17.3 Å². The fourth-order valence-corrected chi connectivity index (χ4v) is 4.92. The zero-order valence-electron chi connectivity index (χ0n) is 20.7. The Bertz CT molecular complexity index is 1790. The number of anilines is 1. The topological polar surface area (TPSA) is 125 Å². The van der Waals surface area contributed by atoms with E-state index in [9.17, 15) is 4.79 Å². The Morgan fingerprint density at radius 2 is 1.84 bits per heavy atom. The second-order valence-corrected chi connectivity index (χ2v) is 11.2. The van der Waals surface area contributed by atoms with Crippen LogP contribution in [0.5, 0.6) is 0 Å². The Morgan fingerprint density at radius 3 is 2.62 bits per heavy atom. The monoisotopic (exact) mass is 508 g/mol. The number of nitrogens with zero attached hydrogens (tertiary/aromatic N) is 5. The Labute approximate surface area is 216 Å². The molecule has 9 nitrogen and oxygen atoms in total. The highest BCUT2D eigenvalue weighted by Gasteiger charge is 2.22. The molecule has 0 aliphatic carbocycles. The maximum atomic E-state index is 12.4. The first kappa shape index (κ1) is 23.0. The lowest BCUT2D eigenvalue weighted by molar-refractivity contribution is -0.123. The molecule has 0 aliphatic heterocycles. The summed E-state index contributed by atoms with van der Waals surface area (Å²) in [6.07, 6.45) is 6.93. The van der Waals surface area contributed by atoms with Crippen molar-refractivity contribution >= 4 is 45.1 Å². The van der Waals surface area contributed by atoms with E-state index in [0.29, 0.717) is 28.5 Å². The van der Waals surface area contributed by atoms with Gasteiger partial charge >= 0.3 is 0 Å². The highest BCUT2D eigenvalue weighted by Crippen LogP contribution is 2.34. The van der Waals surface area contributed by atoms with Gasteiger partial charge in [-0.1, -0.05) is 20.8 Å². The van der Waals surface area contributed by atoms with Crippen LogP contribution in [-0.4, -0.2) is 41.0 Å². The number of nitrogens with one attached hydrogen (secondary N) is 3. The van der Waals surface area contributed by atoms with Gasteiger partial charge < -0.3 is 10.3 Å². The molecule has 6 aromatic heterocycles. The average Bonchev–Trinajstić information content (AvgIpc) is 3.60. The zero-order chi connectivity index (χ0) is 25.7. The maximum Gasteiger partial charge on any atom is 0.229 e. The van der Waals surface area contributed by atoms with Gasteiger partial charge in [0, 0.05) is 50.5 Å². The van der Waals surface area contributed by atoms with Gasteiger partial charge in [-0.3, -0.25) is 14.9 Å². The summed E-state index contributed by atoms with van der Waals surface area (Å²) < 4.78 is 0. The summed E-state index contributed by atoms with van der Waals surface area (Å²) >= 11 is 1.72. The van der Waals surface area contributed by atoms with Gasteiger partial charge in [-0.2, -0.15) is 5.10 Å². The maximum absolute atomic E-state index is 12.4. The molecule has 0 bridgehead atoms. The number of fused-ring (bicyclic) bond motifs is 2. The predicted molar refractivity (Wildman–Crippen MR) is 146 cm³/mol. The van der Waals surface area contributed by atoms with Gasteiger partial charge in [-0.25, -0.2) is 15.0 Å². The number of thiophene rings is 1. The number of aromatic amines is 2. The Balaban J connectivity index is 1.40. The summed E-state index contributed by atoms with van der Waals surface area (Å²) in [6.45, 7) is 7.70. The molecule has 6 aromatic rings. The van der Waals surface area contributed by atoms with Crippen molar-refractivity contribution in [1.29, 1.82) is 0 Å². The fourth-order valence-electron chi connectivity index (χ4n) is 4.03. The summed E-state index contributed by atoms with van der Waals surface area (Å²) in [5.74, 6) is 0.533. The van der Waals surface area contributed by atoms with Crippen molar-refractivity contribution in [2.75, 3.05) is 5.32 Å². The van der Waals surface area contributed by atoms with Gasteiger partial charge in [-0.15, -0.1) is 11.3 Å². The Kier molecular flexibility index (Phi) is 5.34. The van der Waals surface area contributed by atoms with Crippen LogP contribution < -0.4 is 5.32 Å². The van der Waals surface area contributed by atoms with Crippen LogP contribution in [0.25, 0.3) is 55.3 Å². The van der Waals surface area contributed by atoms with Crippen molar-refractivity contribution in [3.8, 4) is 33.1 Å². The number of carbonyl (C=O) groups excluding carboxylic acids is 1. The van der Waals surface area contributed by atoms with Crippen LogP contribution in [0.4, 0.5) is 5.69 Å². The quantitative estimate of drug-likeness (QED) is 0.269. The molecule has 10 heteroatoms. The van der Waals surface area contributed by atoms with E-state index in [-0.39, 0.29) is 5.91 Å². The van der Waals surface area contributed by atoms with Crippen molar-refractivity contribution < 1.29 is 4.79 Å². The summed E-state index contributed by atoms with van der Waals surface area (Å²) in [5.41, 5.74) is 5.62. The predicted octanol–water partition coefficient (Wildman–Crippen LogP) is 5.98. The van der Waals surface area contributed by atoms with Gasteiger partial charge in [-0.05, 0) is 37.3 Å². The number of imidazole rings is 1. The fraction of sp³-hybridized carbons (Fsp3) is 0.185. The molecule has 1 amide bonds. The minimum absolute atomic E-state index is 0.0762. The van der Waals surface area contributed by atoms with E-state index in [1.807, 2.05) is 39.0 Å². The molecular weight excluding hydrogens is 484 g/mol. The number of hydrogen-bond acceptors (Lipinski definition) is 7. The minimum Gasteiger partial charge on any atom is -0.324 e. The molecule has 6 heterocycles. The van der Waals surface area contributed by atoms with E-state index in [2.05, 4.69) is 54.5 Å². The number of pyridine rings is 3. The Hall–Kier alpha value is -4.44. The molecule has 0 saturated heterocycles. The van der Waals surface area contributed by atoms with Crippen molar-refractivity contribution in [1.82, 2.24) is 35.1 Å². The van der Waals surface area contributed by atoms with Crippen LogP contribution in [0.1, 0.15) is 25.6 Å². The molecular formula is C27H24N8OS. The van der Waals surface area contributed by atoms with Gasteiger partial charge in [0.2, 0.25) is 5.91 Å². The number of H-pyrrole nitrogens is 2. The molecule has 0 atom stereocenters. The number of amides is 1. The molecule has 0 aromatic carbocycles. The molecule has 37 heavy (non-hydrogen) atoms. The number of rotatable bonds is 4. The van der Waals surface area contributed by atoms with Gasteiger partial charge in [0.15, 0.2) is 17.1 Å². The minimum atomic E-state index is -0.508. The molecule has 0 saturated carbocycles. The van der Waals surface area contributed by atoms with E-state index in [1.54, 1.807) is 36.1 Å². The van der Waals surface area contributed by atoms with Crippen LogP contribution in [0, 0.1) is 12.3 Å². The molecule has 0 spiro atoms. The van der Waals surface area contributed by atoms with Crippen LogP contribution in [0.2, 0.25) is 0 Å². The van der Waals surface area contributed by atoms with Crippen molar-refractivity contribution in [2.45, 2.75) is 27.7 Å². The van der Waals surface area contributed by atoms with Crippen LogP contribution in [0.15, 0.2) is 55.1 Å². The number of aryl methyl sites for hydroxylation is 1. The molecule has 0 unspecified atom stereocenters. The summed E-state index contributed by atoms with van der Waals surface area (Å²) in [5, 5.41) is 11.3. The molecule has 0 radical (unpaired) electrons. The van der Waals surface area contributed by atoms with Gasteiger partial charge in [0.1, 0.15) is 11.2 Å². The zero-order valence-corrected chi connectivity index (χ0v) is 21.6. The lowest BCUT2D eigenvalue weighted by Gasteiger charge is -2.17. The highest BCUT2D eigenvalue weighted by atomic mass is 32.1. The van der Waals surface area contributed by atoms with Gasteiger partial charge in [0.25, 0.3) is 0 Å². The first-order chi connectivity index (χ1) is 17.8. The summed E-state index contributed by atoms with van der Waals surface area (Å²) in [4.78, 5) is 36.4. The molecule has 0 aliphatic rings. The smallest absolute Gasteiger partial charge is 0.229 e. The largest absolute Gasteiger partial charge is 0.324 e. The van der Waals surface area contributed by atoms with E-state index < -0.39 is 5.41 Å². The van der Waals surface area contributed by atoms with E-state index in [0.717, 1.165) is 32.5 Å². The van der Waals surface area contributed by atoms with Crippen molar-refractivity contribution in [3.63, 3.8) is 0 Å². The van der Waals surface area contributed by atoms with Crippen molar-refractivity contribution in [3.05, 3.63) is 60.0 Å². The molecule has 184 valence electrons. The lowest BCUT2D eigenvalue weighted by atomic mass is 9.95. The SMILES string of the molecule is Cc1ccc(-c2ccnc3[nH]c(-c4n[nH]c5ncc(-c6cncc(NC(=O)C(C)(C)C)c6)cc45)nc23)s1. The van der Waals surface area contributed by atoms with E-state index >= 15 is 0 Å². The number of hydrogen-bond donors (Lipinski definition) is 3.